The van der Waals surface area contributed by atoms with Crippen molar-refractivity contribution in [3.63, 3.8) is 0 Å². The highest BCUT2D eigenvalue weighted by atomic mass is 16.4. The number of benzene rings is 2. The molecule has 1 N–H and O–H groups in total. The molecule has 134 valence electrons. The molecule has 7 heteroatoms. The Morgan fingerprint density at radius 3 is 2.52 bits per heavy atom. The summed E-state index contributed by atoms with van der Waals surface area (Å²) >= 11 is 0. The Balaban J connectivity index is 1.95. The van der Waals surface area contributed by atoms with Crippen molar-refractivity contribution < 1.29 is 9.90 Å². The maximum Gasteiger partial charge on any atom is 0.303 e. The van der Waals surface area contributed by atoms with Crippen LogP contribution >= 0.6 is 0 Å². The summed E-state index contributed by atoms with van der Waals surface area (Å²) in [5.74, 6) is -0.280. The second-order valence-electron chi connectivity index (χ2n) is 6.16. The van der Waals surface area contributed by atoms with Gasteiger partial charge in [0.2, 0.25) is 0 Å². The zero-order valence-corrected chi connectivity index (χ0v) is 14.4. The lowest BCUT2D eigenvalue weighted by molar-refractivity contribution is -0.137. The van der Waals surface area contributed by atoms with Gasteiger partial charge >= 0.3 is 5.97 Å². The molecule has 0 saturated heterocycles. The van der Waals surface area contributed by atoms with Crippen LogP contribution in [0.4, 0.5) is 0 Å². The van der Waals surface area contributed by atoms with Crippen molar-refractivity contribution in [3.05, 3.63) is 70.8 Å². The van der Waals surface area contributed by atoms with Crippen molar-refractivity contribution in [1.29, 1.82) is 0 Å². The van der Waals surface area contributed by atoms with Crippen molar-refractivity contribution in [2.24, 2.45) is 0 Å². The summed E-state index contributed by atoms with van der Waals surface area (Å²) in [6, 6.07) is 16.5. The number of carboxylic acid groups (broad SMARTS) is 1. The minimum absolute atomic E-state index is 0.0369. The number of aryl methyl sites for hydroxylation is 1. The first-order valence-electron chi connectivity index (χ1n) is 8.59. The molecule has 0 radical (unpaired) electrons. The van der Waals surface area contributed by atoms with Crippen molar-refractivity contribution in [2.75, 3.05) is 0 Å². The van der Waals surface area contributed by atoms with Crippen molar-refractivity contribution in [2.45, 2.75) is 19.3 Å². The van der Waals surface area contributed by atoms with Gasteiger partial charge in [0.05, 0.1) is 5.52 Å². The summed E-state index contributed by atoms with van der Waals surface area (Å²) in [6.45, 7) is 0. The fourth-order valence-corrected chi connectivity index (χ4v) is 3.02. The molecule has 0 bridgehead atoms. The molecule has 2 heterocycles. The Bertz CT molecular complexity index is 1200. The van der Waals surface area contributed by atoms with Crippen molar-refractivity contribution >= 4 is 22.5 Å². The standard InChI is InChI=1S/C20H16N4O3/c25-17(26)12-6-11-16-21-15-10-5-4-9-14(15)19-22-20(27)18(23-24(16)19)13-7-2-1-3-8-13/h1-5,7-10H,6,11-12H2,(H,25,26). The number of fused-ring (bicyclic) bond motifs is 3. The molecule has 4 aromatic rings. The first kappa shape index (κ1) is 16.8. The second-order valence-corrected chi connectivity index (χ2v) is 6.16. The molecule has 0 spiro atoms. The highest BCUT2D eigenvalue weighted by Gasteiger charge is 2.14. The molecule has 0 fully saturated rings. The van der Waals surface area contributed by atoms with E-state index in [4.69, 9.17) is 5.11 Å². The van der Waals surface area contributed by atoms with Crippen LogP contribution in [0.15, 0.2) is 59.4 Å². The van der Waals surface area contributed by atoms with E-state index >= 15 is 0 Å². The van der Waals surface area contributed by atoms with E-state index in [-0.39, 0.29) is 12.1 Å². The molecular formula is C20H16N4O3. The maximum atomic E-state index is 12.6. The number of carboxylic acids is 1. The van der Waals surface area contributed by atoms with Crippen molar-refractivity contribution in [1.82, 2.24) is 19.6 Å². The fraction of sp³-hybridized carbons (Fsp3) is 0.150. The molecular weight excluding hydrogens is 344 g/mol. The van der Waals surface area contributed by atoms with E-state index in [2.05, 4.69) is 15.1 Å². The van der Waals surface area contributed by atoms with Crippen LogP contribution in [0, 0.1) is 0 Å². The quantitative estimate of drug-likeness (QED) is 0.550. The summed E-state index contributed by atoms with van der Waals surface area (Å²) in [5.41, 5.74) is 1.63. The summed E-state index contributed by atoms with van der Waals surface area (Å²) in [7, 11) is 0. The number of para-hydroxylation sites is 1. The van der Waals surface area contributed by atoms with Gasteiger partial charge in [-0.05, 0) is 18.6 Å². The first-order chi connectivity index (χ1) is 13.1. The molecule has 0 unspecified atom stereocenters. The highest BCUT2D eigenvalue weighted by molar-refractivity contribution is 5.91. The lowest BCUT2D eigenvalue weighted by atomic mass is 10.1. The third kappa shape index (κ3) is 3.27. The Kier molecular flexibility index (Phi) is 4.33. The molecule has 0 aliphatic heterocycles. The number of nitrogens with zero attached hydrogens (tertiary/aromatic N) is 4. The lowest BCUT2D eigenvalue weighted by Crippen LogP contribution is -2.19. The van der Waals surface area contributed by atoms with Crippen LogP contribution in [0.3, 0.4) is 0 Å². The van der Waals surface area contributed by atoms with E-state index in [1.165, 1.54) is 0 Å². The average molecular weight is 360 g/mol. The third-order valence-electron chi connectivity index (χ3n) is 4.29. The number of carbonyl (C=O) groups is 1. The molecule has 7 nitrogen and oxygen atoms in total. The molecule has 0 aliphatic rings. The molecule has 0 atom stereocenters. The fourth-order valence-electron chi connectivity index (χ4n) is 3.02. The maximum absolute atomic E-state index is 12.6. The van der Waals surface area contributed by atoms with E-state index in [0.29, 0.717) is 35.4 Å². The average Bonchev–Trinajstić information content (AvgIpc) is 2.68. The Morgan fingerprint density at radius 1 is 1.00 bits per heavy atom. The van der Waals surface area contributed by atoms with Gasteiger partial charge in [-0.15, -0.1) is 0 Å². The number of aliphatic carboxylic acids is 1. The Morgan fingerprint density at radius 2 is 1.74 bits per heavy atom. The molecule has 0 saturated carbocycles. The van der Waals surface area contributed by atoms with Gasteiger partial charge in [-0.3, -0.25) is 9.59 Å². The predicted molar refractivity (Wildman–Crippen MR) is 101 cm³/mol. The zero-order chi connectivity index (χ0) is 18.8. The summed E-state index contributed by atoms with van der Waals surface area (Å²) in [4.78, 5) is 32.4. The van der Waals surface area contributed by atoms with Gasteiger partial charge in [-0.25, -0.2) is 4.98 Å². The van der Waals surface area contributed by atoms with Gasteiger partial charge in [0.25, 0.3) is 5.56 Å². The van der Waals surface area contributed by atoms with Crippen LogP contribution in [-0.2, 0) is 11.2 Å². The van der Waals surface area contributed by atoms with Gasteiger partial charge in [0.15, 0.2) is 11.3 Å². The first-order valence-corrected chi connectivity index (χ1v) is 8.59. The molecule has 0 amide bonds. The zero-order valence-electron chi connectivity index (χ0n) is 14.4. The third-order valence-corrected chi connectivity index (χ3v) is 4.29. The minimum atomic E-state index is -0.858. The van der Waals surface area contributed by atoms with Crippen molar-refractivity contribution in [3.8, 4) is 11.3 Å². The smallest absolute Gasteiger partial charge is 0.303 e. The van der Waals surface area contributed by atoms with Gasteiger partial charge in [0, 0.05) is 23.8 Å². The number of hydrogen-bond donors (Lipinski definition) is 1. The van der Waals surface area contributed by atoms with Gasteiger partial charge < -0.3 is 5.11 Å². The van der Waals surface area contributed by atoms with Crippen LogP contribution in [0.25, 0.3) is 27.8 Å². The number of aromatic nitrogens is 4. The summed E-state index contributed by atoms with van der Waals surface area (Å²) < 4.78 is 1.56. The SMILES string of the molecule is O=C(O)CCCc1nc2ccccc2c2nc(=O)c(-c3ccccc3)nn12. The molecule has 2 aromatic carbocycles. The molecule has 27 heavy (non-hydrogen) atoms. The summed E-state index contributed by atoms with van der Waals surface area (Å²) in [5, 5.41) is 14.2. The van der Waals surface area contributed by atoms with E-state index in [1.54, 1.807) is 16.6 Å². The lowest BCUT2D eigenvalue weighted by Gasteiger charge is -2.11. The van der Waals surface area contributed by atoms with Crippen LogP contribution in [0.2, 0.25) is 0 Å². The van der Waals surface area contributed by atoms with Crippen LogP contribution in [0.1, 0.15) is 18.7 Å². The topological polar surface area (TPSA) is 97.5 Å². The molecule has 2 aromatic heterocycles. The van der Waals surface area contributed by atoms with E-state index in [9.17, 15) is 9.59 Å². The minimum Gasteiger partial charge on any atom is -0.481 e. The molecule has 4 rings (SSSR count). The van der Waals surface area contributed by atoms with Crippen LogP contribution in [-0.4, -0.2) is 30.7 Å². The van der Waals surface area contributed by atoms with Crippen LogP contribution < -0.4 is 5.56 Å². The Hall–Kier alpha value is -3.61. The van der Waals surface area contributed by atoms with E-state index < -0.39 is 11.5 Å². The largest absolute Gasteiger partial charge is 0.481 e. The van der Waals surface area contributed by atoms with E-state index in [0.717, 1.165) is 5.39 Å². The normalized spacial score (nSPS) is 11.1. The predicted octanol–water partition coefficient (Wildman–Crippen LogP) is 2.71. The number of rotatable bonds is 5. The monoisotopic (exact) mass is 360 g/mol. The second kappa shape index (κ2) is 6.95. The molecule has 0 aliphatic carbocycles. The van der Waals surface area contributed by atoms with Gasteiger partial charge in [-0.2, -0.15) is 14.6 Å². The Labute approximate surface area is 154 Å². The number of hydrogen-bond acceptors (Lipinski definition) is 5. The van der Waals surface area contributed by atoms with Gasteiger partial charge in [0.1, 0.15) is 5.82 Å². The highest BCUT2D eigenvalue weighted by Crippen LogP contribution is 2.19. The van der Waals surface area contributed by atoms with Crippen LogP contribution in [0.5, 0.6) is 0 Å². The summed E-state index contributed by atoms with van der Waals surface area (Å²) in [6.07, 6.45) is 0.874. The van der Waals surface area contributed by atoms with E-state index in [1.807, 2.05) is 42.5 Å². The van der Waals surface area contributed by atoms with Gasteiger partial charge in [-0.1, -0.05) is 42.5 Å².